The van der Waals surface area contributed by atoms with Gasteiger partial charge in [-0.1, -0.05) is 81.4 Å². The van der Waals surface area contributed by atoms with Crippen molar-refractivity contribution in [3.8, 4) is 11.1 Å². The standard InChI is InChI=1S/C51H66F2N10O10/c1-31(58-46(68)32(2)59-50(72)73-30-34-14-10-7-11-15-34)47(69)60-39(18-19-42(55)65)49(71)61-40(48(70)57-22-21-56-43(66)26-54)20-23-63(44(67)29-64)45(51(3,4)5)41-24-35(37-25-36(52)16-17-38(37)53)28-62(41)27-33-12-8-6-9-13-33/h6-17,24-25,28,31-32,39-40,45,64H,18-23,26-27,29-30,54H2,1-5H3,(H2,55,65)(H,56,66)(H,57,70)(H,58,68)(H,59,72)(H,60,69)(H,61,71)/t31-,32-,39-,40-,45-/m0/s1. The molecule has 0 spiro atoms. The van der Waals surface area contributed by atoms with E-state index < -0.39 is 108 Å². The first-order valence-corrected chi connectivity index (χ1v) is 23.6. The number of aromatic nitrogens is 1. The van der Waals surface area contributed by atoms with E-state index >= 15 is 4.39 Å². The van der Waals surface area contributed by atoms with Crippen LogP contribution in [-0.4, -0.2) is 119 Å². The second kappa shape index (κ2) is 27.8. The highest BCUT2D eigenvalue weighted by molar-refractivity contribution is 5.95. The quantitative estimate of drug-likeness (QED) is 0.0410. The van der Waals surface area contributed by atoms with Crippen molar-refractivity contribution in [3.05, 3.63) is 120 Å². The maximum atomic E-state index is 15.3. The molecule has 0 fully saturated rings. The fourth-order valence-corrected chi connectivity index (χ4v) is 7.76. The third-order valence-electron chi connectivity index (χ3n) is 11.5. The molecule has 4 aromatic rings. The molecule has 0 aliphatic heterocycles. The minimum absolute atomic E-state index is 0.0408. The number of nitrogens with two attached hydrogens (primary N) is 2. The molecule has 0 saturated carbocycles. The predicted molar refractivity (Wildman–Crippen MR) is 265 cm³/mol. The number of ether oxygens (including phenoxy) is 1. The lowest BCUT2D eigenvalue weighted by molar-refractivity contribution is -0.140. The van der Waals surface area contributed by atoms with Crippen LogP contribution in [0.25, 0.3) is 11.1 Å². The summed E-state index contributed by atoms with van der Waals surface area (Å²) in [5.74, 6) is -6.91. The molecule has 20 nitrogen and oxygen atoms in total. The first-order chi connectivity index (χ1) is 34.6. The van der Waals surface area contributed by atoms with Crippen LogP contribution in [0.3, 0.4) is 0 Å². The van der Waals surface area contributed by atoms with Crippen LogP contribution >= 0.6 is 0 Å². The summed E-state index contributed by atoms with van der Waals surface area (Å²) in [6, 6.07) is 16.3. The molecule has 5 atom stereocenters. The molecule has 1 aromatic heterocycles. The Kier molecular flexibility index (Phi) is 22.0. The van der Waals surface area contributed by atoms with Gasteiger partial charge in [-0.2, -0.15) is 0 Å². The van der Waals surface area contributed by atoms with E-state index in [9.17, 15) is 47.9 Å². The second-order valence-electron chi connectivity index (χ2n) is 18.3. The molecule has 0 bridgehead atoms. The van der Waals surface area contributed by atoms with Crippen molar-refractivity contribution in [2.75, 3.05) is 32.8 Å². The van der Waals surface area contributed by atoms with Crippen LogP contribution in [0.4, 0.5) is 13.6 Å². The minimum Gasteiger partial charge on any atom is -0.445 e. The van der Waals surface area contributed by atoms with Gasteiger partial charge in [-0.15, -0.1) is 0 Å². The number of carbonyl (C=O) groups excluding carboxylic acids is 8. The topological polar surface area (TPSA) is 298 Å². The Morgan fingerprint density at radius 2 is 1.33 bits per heavy atom. The Morgan fingerprint density at radius 3 is 1.95 bits per heavy atom. The lowest BCUT2D eigenvalue weighted by Gasteiger charge is -2.41. The first kappa shape index (κ1) is 57.9. The van der Waals surface area contributed by atoms with Crippen molar-refractivity contribution >= 4 is 47.4 Å². The summed E-state index contributed by atoms with van der Waals surface area (Å²) in [4.78, 5) is 106. The van der Waals surface area contributed by atoms with Crippen LogP contribution in [0.15, 0.2) is 91.1 Å². The van der Waals surface area contributed by atoms with Crippen LogP contribution in [0.2, 0.25) is 0 Å². The maximum Gasteiger partial charge on any atom is 0.408 e. The molecule has 0 aliphatic carbocycles. The molecule has 0 unspecified atom stereocenters. The SMILES string of the molecule is C[C@H](NC(=O)OCc1ccccc1)C(=O)N[C@@H](C)C(=O)N[C@@H](CCC(N)=O)C(=O)N[C@@H](CCN(C(=O)CO)[C@@H](c1cc(-c2cc(F)ccc2F)cn1Cc1ccccc1)C(C)(C)C)C(=O)NCCNC(=O)CN. The Balaban J connectivity index is 1.63. The molecule has 394 valence electrons. The third-order valence-corrected chi connectivity index (χ3v) is 11.5. The van der Waals surface area contributed by atoms with Crippen LogP contribution < -0.4 is 43.4 Å². The molecule has 4 rings (SSSR count). The molecule has 11 N–H and O–H groups in total. The molecule has 0 radical (unpaired) electrons. The molecular formula is C51H66F2N10O10. The van der Waals surface area contributed by atoms with Crippen molar-refractivity contribution in [1.29, 1.82) is 0 Å². The normalized spacial score (nSPS) is 13.2. The lowest BCUT2D eigenvalue weighted by atomic mass is 9.82. The number of primary amides is 1. The Bertz CT molecular complexity index is 2540. The monoisotopic (exact) mass is 1020 g/mol. The third kappa shape index (κ3) is 18.1. The van der Waals surface area contributed by atoms with E-state index in [2.05, 4.69) is 31.9 Å². The van der Waals surface area contributed by atoms with Gasteiger partial charge in [0.15, 0.2) is 0 Å². The van der Waals surface area contributed by atoms with Gasteiger partial charge in [0, 0.05) is 55.6 Å². The van der Waals surface area contributed by atoms with Crippen molar-refractivity contribution in [3.63, 3.8) is 0 Å². The lowest BCUT2D eigenvalue weighted by Crippen LogP contribution is -2.58. The number of hydrogen-bond donors (Lipinski definition) is 9. The van der Waals surface area contributed by atoms with Crippen LogP contribution in [0.5, 0.6) is 0 Å². The summed E-state index contributed by atoms with van der Waals surface area (Å²) in [7, 11) is 0. The summed E-state index contributed by atoms with van der Waals surface area (Å²) in [5, 5.41) is 25.5. The van der Waals surface area contributed by atoms with Gasteiger partial charge in [-0.3, -0.25) is 33.6 Å². The number of rotatable bonds is 26. The molecule has 1 heterocycles. The number of carbonyl (C=O) groups is 8. The van der Waals surface area contributed by atoms with Crippen LogP contribution in [-0.2, 0) is 51.5 Å². The molecule has 0 aliphatic rings. The van der Waals surface area contributed by atoms with E-state index in [1.807, 2.05) is 51.1 Å². The zero-order valence-electron chi connectivity index (χ0n) is 41.5. The molecule has 22 heteroatoms. The summed E-state index contributed by atoms with van der Waals surface area (Å²) >= 11 is 0. The molecule has 8 amide bonds. The number of aliphatic hydroxyl groups excluding tert-OH is 1. The molecule has 73 heavy (non-hydrogen) atoms. The van der Waals surface area contributed by atoms with Crippen molar-refractivity contribution in [2.45, 2.75) is 97.2 Å². The van der Waals surface area contributed by atoms with E-state index in [4.69, 9.17) is 16.2 Å². The highest BCUT2D eigenvalue weighted by Gasteiger charge is 2.38. The van der Waals surface area contributed by atoms with Crippen molar-refractivity contribution in [2.24, 2.45) is 16.9 Å². The van der Waals surface area contributed by atoms with Crippen LogP contribution in [0, 0.1) is 17.0 Å². The largest absolute Gasteiger partial charge is 0.445 e. The maximum absolute atomic E-state index is 15.3. The Morgan fingerprint density at radius 1 is 0.740 bits per heavy atom. The number of benzene rings is 3. The van der Waals surface area contributed by atoms with E-state index in [0.29, 0.717) is 16.8 Å². The second-order valence-corrected chi connectivity index (χ2v) is 18.3. The van der Waals surface area contributed by atoms with Gasteiger partial charge < -0.3 is 62.7 Å². The average Bonchev–Trinajstić information content (AvgIpc) is 3.76. The minimum atomic E-state index is -1.53. The van der Waals surface area contributed by atoms with Gasteiger partial charge in [0.2, 0.25) is 41.4 Å². The fraction of sp³-hybridized carbons (Fsp3) is 0.412. The number of nitrogens with one attached hydrogen (secondary N) is 6. The van der Waals surface area contributed by atoms with Gasteiger partial charge in [-0.05, 0) is 67.5 Å². The number of amides is 8. The zero-order chi connectivity index (χ0) is 53.8. The average molecular weight is 1020 g/mol. The summed E-state index contributed by atoms with van der Waals surface area (Å²) < 4.78 is 36.9. The van der Waals surface area contributed by atoms with Gasteiger partial charge >= 0.3 is 6.09 Å². The predicted octanol–water partition coefficient (Wildman–Crippen LogP) is 2.03. The number of halogens is 2. The first-order valence-electron chi connectivity index (χ1n) is 23.6. The zero-order valence-corrected chi connectivity index (χ0v) is 41.5. The number of aliphatic hydroxyl groups is 1. The van der Waals surface area contributed by atoms with E-state index in [1.165, 1.54) is 18.7 Å². The van der Waals surface area contributed by atoms with Gasteiger partial charge in [0.25, 0.3) is 0 Å². The van der Waals surface area contributed by atoms with Crippen molar-refractivity contribution in [1.82, 2.24) is 41.4 Å². The summed E-state index contributed by atoms with van der Waals surface area (Å²) in [5.41, 5.74) is 12.2. The fourth-order valence-electron chi connectivity index (χ4n) is 7.76. The Hall–Kier alpha value is -7.72. The molecule has 0 saturated heterocycles. The van der Waals surface area contributed by atoms with Gasteiger partial charge in [0.05, 0.1) is 12.6 Å². The van der Waals surface area contributed by atoms with Crippen LogP contribution in [0.1, 0.15) is 76.7 Å². The summed E-state index contributed by atoms with van der Waals surface area (Å²) in [6.45, 7) is 6.51. The van der Waals surface area contributed by atoms with Gasteiger partial charge in [0.1, 0.15) is 49.0 Å². The number of nitrogens with zero attached hydrogens (tertiary/aromatic N) is 2. The smallest absolute Gasteiger partial charge is 0.408 e. The van der Waals surface area contributed by atoms with Gasteiger partial charge in [-0.25, -0.2) is 13.6 Å². The summed E-state index contributed by atoms with van der Waals surface area (Å²) in [6.07, 6.45) is -0.342. The van der Waals surface area contributed by atoms with E-state index in [1.54, 1.807) is 47.2 Å². The molecular weight excluding hydrogens is 951 g/mol. The molecule has 3 aromatic carbocycles. The van der Waals surface area contributed by atoms with Crippen molar-refractivity contribution < 1.29 is 57.0 Å². The van der Waals surface area contributed by atoms with E-state index in [0.717, 1.165) is 23.8 Å². The highest BCUT2D eigenvalue weighted by Crippen LogP contribution is 2.41. The Labute approximate surface area is 422 Å². The highest BCUT2D eigenvalue weighted by atomic mass is 19.1. The number of alkyl carbamates (subject to hydrolysis) is 1. The van der Waals surface area contributed by atoms with E-state index in [-0.39, 0.29) is 57.7 Å². The number of hydrogen-bond acceptors (Lipinski definition) is 11.